The number of anilines is 2. The van der Waals surface area contributed by atoms with Gasteiger partial charge < -0.3 is 19.7 Å². The number of hydrogen-bond donors (Lipinski definition) is 1. The van der Waals surface area contributed by atoms with Gasteiger partial charge in [0, 0.05) is 16.7 Å². The number of nitrogens with one attached hydrogen (secondary N) is 1. The van der Waals surface area contributed by atoms with E-state index in [1.807, 2.05) is 12.1 Å². The van der Waals surface area contributed by atoms with E-state index >= 15 is 0 Å². The van der Waals surface area contributed by atoms with Crippen LogP contribution in [0.1, 0.15) is 29.6 Å². The molecule has 7 heteroatoms. The van der Waals surface area contributed by atoms with E-state index in [9.17, 15) is 4.79 Å². The van der Waals surface area contributed by atoms with Crippen LogP contribution < -0.4 is 19.7 Å². The quantitative estimate of drug-likeness (QED) is 0.675. The molecule has 1 amide bonds. The van der Waals surface area contributed by atoms with Crippen LogP contribution in [0.3, 0.4) is 0 Å². The van der Waals surface area contributed by atoms with Crippen molar-refractivity contribution in [3.05, 3.63) is 39.6 Å². The molecule has 26 heavy (non-hydrogen) atoms. The molecule has 0 atom stereocenters. The maximum atomic E-state index is 12.6. The van der Waals surface area contributed by atoms with Crippen molar-refractivity contribution in [1.82, 2.24) is 4.98 Å². The zero-order valence-corrected chi connectivity index (χ0v) is 17.1. The second kappa shape index (κ2) is 8.57. The van der Waals surface area contributed by atoms with Crippen molar-refractivity contribution in [3.63, 3.8) is 0 Å². The van der Waals surface area contributed by atoms with E-state index < -0.39 is 0 Å². The number of amides is 1. The van der Waals surface area contributed by atoms with Gasteiger partial charge in [-0.1, -0.05) is 0 Å². The Balaban J connectivity index is 1.73. The molecule has 6 nitrogen and oxygen atoms in total. The number of halogens is 1. The maximum Gasteiger partial charge on any atom is 0.256 e. The van der Waals surface area contributed by atoms with E-state index in [0.717, 1.165) is 22.5 Å². The summed E-state index contributed by atoms with van der Waals surface area (Å²) >= 11 is 2.12. The Labute approximate surface area is 167 Å². The van der Waals surface area contributed by atoms with Gasteiger partial charge in [0.15, 0.2) is 11.5 Å². The molecule has 2 heterocycles. The molecule has 1 fully saturated rings. The summed E-state index contributed by atoms with van der Waals surface area (Å²) in [5.41, 5.74) is 1.20. The molecule has 3 rings (SSSR count). The molecule has 2 aromatic rings. The summed E-state index contributed by atoms with van der Waals surface area (Å²) in [7, 11) is 3.12. The lowest BCUT2D eigenvalue weighted by Crippen LogP contribution is -2.30. The van der Waals surface area contributed by atoms with Crippen LogP contribution in [0.15, 0.2) is 30.5 Å². The van der Waals surface area contributed by atoms with E-state index in [4.69, 9.17) is 9.47 Å². The molecule has 0 unspecified atom stereocenters. The number of pyridine rings is 1. The normalized spacial score (nSPS) is 14.0. The summed E-state index contributed by atoms with van der Waals surface area (Å²) in [5.74, 6) is 1.88. The first-order valence-electron chi connectivity index (χ1n) is 8.56. The van der Waals surface area contributed by atoms with Gasteiger partial charge in [0.25, 0.3) is 5.91 Å². The highest BCUT2D eigenvalue weighted by Gasteiger charge is 2.16. The van der Waals surface area contributed by atoms with Crippen molar-refractivity contribution in [3.8, 4) is 11.5 Å². The van der Waals surface area contributed by atoms with E-state index in [1.54, 1.807) is 32.5 Å². The van der Waals surface area contributed by atoms with E-state index in [0.29, 0.717) is 22.7 Å². The number of carbonyl (C=O) groups excluding carboxylic acids is 1. The smallest absolute Gasteiger partial charge is 0.256 e. The molecular formula is C19H22IN3O3. The molecule has 0 radical (unpaired) electrons. The number of ether oxygens (including phenoxy) is 2. The van der Waals surface area contributed by atoms with Crippen LogP contribution in [0.25, 0.3) is 0 Å². The molecule has 1 saturated heterocycles. The van der Waals surface area contributed by atoms with Crippen molar-refractivity contribution < 1.29 is 14.3 Å². The van der Waals surface area contributed by atoms with Crippen molar-refractivity contribution >= 4 is 40.0 Å². The molecule has 1 aromatic carbocycles. The highest BCUT2D eigenvalue weighted by Crippen LogP contribution is 2.31. The zero-order valence-electron chi connectivity index (χ0n) is 14.9. The van der Waals surface area contributed by atoms with Gasteiger partial charge in [-0.15, -0.1) is 0 Å². The molecule has 0 aliphatic carbocycles. The molecule has 0 spiro atoms. The average Bonchev–Trinajstić information content (AvgIpc) is 2.68. The summed E-state index contributed by atoms with van der Waals surface area (Å²) in [4.78, 5) is 19.4. The standard InChI is InChI=1S/C19H22IN3O3/c1-25-16-10-14(15(20)11-17(16)26-2)19(24)22-13-6-7-18(21-12-13)23-8-4-3-5-9-23/h6-7,10-12H,3-5,8-9H2,1-2H3,(H,22,24). The predicted octanol–water partition coefficient (Wildman–Crippen LogP) is 3.95. The Morgan fingerprint density at radius 3 is 2.42 bits per heavy atom. The van der Waals surface area contributed by atoms with Crippen LogP contribution in [-0.4, -0.2) is 38.2 Å². The van der Waals surface area contributed by atoms with Crippen molar-refractivity contribution in [2.24, 2.45) is 0 Å². The lowest BCUT2D eigenvalue weighted by molar-refractivity contribution is 0.102. The number of rotatable bonds is 5. The Morgan fingerprint density at radius 2 is 1.81 bits per heavy atom. The summed E-state index contributed by atoms with van der Waals surface area (Å²) < 4.78 is 11.3. The minimum atomic E-state index is -0.206. The predicted molar refractivity (Wildman–Crippen MR) is 111 cm³/mol. The third-order valence-corrected chi connectivity index (χ3v) is 5.30. The molecule has 1 aliphatic heterocycles. The van der Waals surface area contributed by atoms with Gasteiger partial charge in [-0.25, -0.2) is 4.98 Å². The number of nitrogens with zero attached hydrogens (tertiary/aromatic N) is 2. The summed E-state index contributed by atoms with van der Waals surface area (Å²) in [6, 6.07) is 7.32. The van der Waals surface area contributed by atoms with Crippen molar-refractivity contribution in [2.45, 2.75) is 19.3 Å². The molecule has 138 valence electrons. The number of hydrogen-bond acceptors (Lipinski definition) is 5. The molecule has 1 aliphatic rings. The highest BCUT2D eigenvalue weighted by molar-refractivity contribution is 14.1. The Morgan fingerprint density at radius 1 is 1.12 bits per heavy atom. The number of benzene rings is 1. The first kappa shape index (κ1) is 18.8. The van der Waals surface area contributed by atoms with E-state index in [2.05, 4.69) is 37.8 Å². The Bertz CT molecular complexity index is 774. The second-order valence-electron chi connectivity index (χ2n) is 6.09. The van der Waals surface area contributed by atoms with Crippen LogP contribution in [-0.2, 0) is 0 Å². The fourth-order valence-electron chi connectivity index (χ4n) is 3.00. The van der Waals surface area contributed by atoms with Gasteiger partial charge in [-0.3, -0.25) is 4.79 Å². The third-order valence-electron chi connectivity index (χ3n) is 4.40. The fraction of sp³-hybridized carbons (Fsp3) is 0.368. The topological polar surface area (TPSA) is 63.7 Å². The van der Waals surface area contributed by atoms with Crippen LogP contribution >= 0.6 is 22.6 Å². The van der Waals surface area contributed by atoms with Crippen LogP contribution in [0.4, 0.5) is 11.5 Å². The van der Waals surface area contributed by atoms with Gasteiger partial charge in [-0.2, -0.15) is 0 Å². The van der Waals surface area contributed by atoms with Crippen LogP contribution in [0.5, 0.6) is 11.5 Å². The third kappa shape index (κ3) is 4.20. The largest absolute Gasteiger partial charge is 0.493 e. The average molecular weight is 467 g/mol. The summed E-state index contributed by atoms with van der Waals surface area (Å²) in [6.45, 7) is 2.09. The first-order chi connectivity index (χ1) is 12.6. The van der Waals surface area contributed by atoms with E-state index in [1.165, 1.54) is 19.3 Å². The molecule has 1 N–H and O–H groups in total. The van der Waals surface area contributed by atoms with Gasteiger partial charge in [0.1, 0.15) is 5.82 Å². The SMILES string of the molecule is COc1cc(I)c(C(=O)Nc2ccc(N3CCCCC3)nc2)cc1OC. The van der Waals surface area contributed by atoms with Crippen molar-refractivity contribution in [2.75, 3.05) is 37.5 Å². The maximum absolute atomic E-state index is 12.6. The lowest BCUT2D eigenvalue weighted by atomic mass is 10.1. The van der Waals surface area contributed by atoms with Gasteiger partial charge in [0.2, 0.25) is 0 Å². The molecule has 0 bridgehead atoms. The van der Waals surface area contributed by atoms with Crippen molar-refractivity contribution in [1.29, 1.82) is 0 Å². The van der Waals surface area contributed by atoms with Crippen LogP contribution in [0.2, 0.25) is 0 Å². The lowest BCUT2D eigenvalue weighted by Gasteiger charge is -2.27. The monoisotopic (exact) mass is 467 g/mol. The number of piperidine rings is 1. The minimum absolute atomic E-state index is 0.206. The van der Waals surface area contributed by atoms with Gasteiger partial charge in [-0.05, 0) is 66.1 Å². The highest BCUT2D eigenvalue weighted by atomic mass is 127. The first-order valence-corrected chi connectivity index (χ1v) is 9.64. The second-order valence-corrected chi connectivity index (χ2v) is 7.26. The van der Waals surface area contributed by atoms with Gasteiger partial charge in [0.05, 0.1) is 31.7 Å². The fourth-order valence-corrected chi connectivity index (χ4v) is 3.68. The Kier molecular flexibility index (Phi) is 6.18. The molecular weight excluding hydrogens is 445 g/mol. The number of methoxy groups -OCH3 is 2. The Hall–Kier alpha value is -2.03. The zero-order chi connectivity index (χ0) is 18.5. The molecule has 0 saturated carbocycles. The molecule has 1 aromatic heterocycles. The van der Waals surface area contributed by atoms with Crippen LogP contribution in [0, 0.1) is 3.57 Å². The number of carbonyl (C=O) groups is 1. The minimum Gasteiger partial charge on any atom is -0.493 e. The van der Waals surface area contributed by atoms with E-state index in [-0.39, 0.29) is 5.91 Å². The number of aromatic nitrogens is 1. The van der Waals surface area contributed by atoms with Gasteiger partial charge >= 0.3 is 0 Å². The summed E-state index contributed by atoms with van der Waals surface area (Å²) in [6.07, 6.45) is 5.40. The summed E-state index contributed by atoms with van der Waals surface area (Å²) in [5, 5.41) is 2.90.